The number of para-hydroxylation sites is 1. The molecule has 0 atom stereocenters. The molecule has 0 amide bonds. The van der Waals surface area contributed by atoms with Gasteiger partial charge in [0.05, 0.1) is 19.9 Å². The van der Waals surface area contributed by atoms with Gasteiger partial charge in [-0.15, -0.1) is 0 Å². The SMILES string of the molecule is COc1cc2cc3c(Nc4ccccc4)[nH][nH]c-3c2cc1OC. The Labute approximate surface area is 133 Å². The van der Waals surface area contributed by atoms with E-state index in [-0.39, 0.29) is 0 Å². The third-order valence-corrected chi connectivity index (χ3v) is 4.02. The predicted octanol–water partition coefficient (Wildman–Crippen LogP) is 4.36. The van der Waals surface area contributed by atoms with Gasteiger partial charge in [-0.1, -0.05) is 18.2 Å². The summed E-state index contributed by atoms with van der Waals surface area (Å²) in [7, 11) is 3.29. The van der Waals surface area contributed by atoms with Crippen LogP contribution in [0.5, 0.6) is 11.5 Å². The van der Waals surface area contributed by atoms with Crippen LogP contribution in [0, 0.1) is 0 Å². The van der Waals surface area contributed by atoms with E-state index >= 15 is 0 Å². The Kier molecular flexibility index (Phi) is 3.12. The number of rotatable bonds is 4. The Morgan fingerprint density at radius 2 is 1.61 bits per heavy atom. The molecule has 1 aliphatic heterocycles. The van der Waals surface area contributed by atoms with Gasteiger partial charge in [0.2, 0.25) is 0 Å². The molecule has 0 bridgehead atoms. The summed E-state index contributed by atoms with van der Waals surface area (Å²) in [6, 6.07) is 16.2. The molecule has 2 aromatic carbocycles. The molecule has 0 fully saturated rings. The van der Waals surface area contributed by atoms with E-state index in [1.54, 1.807) is 14.2 Å². The lowest BCUT2D eigenvalue weighted by atomic mass is 10.2. The van der Waals surface area contributed by atoms with Gasteiger partial charge in [-0.3, -0.25) is 10.2 Å². The molecule has 5 heteroatoms. The first-order valence-electron chi connectivity index (χ1n) is 7.37. The van der Waals surface area contributed by atoms with E-state index in [2.05, 4.69) is 21.6 Å². The number of benzene rings is 2. The maximum absolute atomic E-state index is 5.40. The van der Waals surface area contributed by atoms with E-state index in [0.717, 1.165) is 45.0 Å². The molecule has 0 saturated carbocycles. The Morgan fingerprint density at radius 1 is 0.870 bits per heavy atom. The van der Waals surface area contributed by atoms with Gasteiger partial charge in [-0.25, -0.2) is 0 Å². The van der Waals surface area contributed by atoms with Crippen LogP contribution in [0.1, 0.15) is 0 Å². The van der Waals surface area contributed by atoms with Gasteiger partial charge < -0.3 is 14.8 Å². The number of nitrogens with one attached hydrogen (secondary N) is 3. The fraction of sp³-hybridized carbons (Fsp3) is 0.111. The number of hydrogen-bond acceptors (Lipinski definition) is 3. The van der Waals surface area contributed by atoms with E-state index in [1.807, 2.05) is 42.5 Å². The van der Waals surface area contributed by atoms with Crippen molar-refractivity contribution in [2.24, 2.45) is 0 Å². The van der Waals surface area contributed by atoms with Crippen LogP contribution in [0.4, 0.5) is 11.5 Å². The summed E-state index contributed by atoms with van der Waals surface area (Å²) in [5, 5.41) is 12.0. The molecule has 0 saturated heterocycles. The second kappa shape index (κ2) is 5.28. The van der Waals surface area contributed by atoms with E-state index < -0.39 is 0 Å². The van der Waals surface area contributed by atoms with Crippen molar-refractivity contribution in [2.75, 3.05) is 19.5 Å². The highest BCUT2D eigenvalue weighted by molar-refractivity contribution is 6.05. The van der Waals surface area contributed by atoms with E-state index in [4.69, 9.17) is 9.47 Å². The van der Waals surface area contributed by atoms with Crippen LogP contribution in [0.15, 0.2) is 48.5 Å². The molecule has 0 aromatic heterocycles. The van der Waals surface area contributed by atoms with Crippen molar-refractivity contribution >= 4 is 22.3 Å². The number of anilines is 2. The van der Waals surface area contributed by atoms with Crippen molar-refractivity contribution in [3.05, 3.63) is 48.5 Å². The second-order valence-corrected chi connectivity index (χ2v) is 5.34. The zero-order valence-corrected chi connectivity index (χ0v) is 12.9. The smallest absolute Gasteiger partial charge is 0.161 e. The maximum atomic E-state index is 5.40. The minimum Gasteiger partial charge on any atom is -0.493 e. The van der Waals surface area contributed by atoms with Gasteiger partial charge in [0.1, 0.15) is 5.82 Å². The monoisotopic (exact) mass is 307 g/mol. The van der Waals surface area contributed by atoms with Crippen molar-refractivity contribution in [3.63, 3.8) is 0 Å². The van der Waals surface area contributed by atoms with Crippen LogP contribution in [0.2, 0.25) is 0 Å². The van der Waals surface area contributed by atoms with Crippen molar-refractivity contribution in [3.8, 4) is 22.8 Å². The molecule has 23 heavy (non-hydrogen) atoms. The molecule has 2 aromatic rings. The molecular weight excluding hydrogens is 290 g/mol. The zero-order chi connectivity index (χ0) is 15.8. The van der Waals surface area contributed by atoms with Crippen LogP contribution < -0.4 is 14.8 Å². The summed E-state index contributed by atoms with van der Waals surface area (Å²) in [4.78, 5) is 0. The third kappa shape index (κ3) is 2.17. The van der Waals surface area contributed by atoms with Crippen LogP contribution >= 0.6 is 0 Å². The molecule has 0 spiro atoms. The summed E-state index contributed by atoms with van der Waals surface area (Å²) in [6.07, 6.45) is 0. The highest BCUT2D eigenvalue weighted by Crippen LogP contribution is 2.42. The van der Waals surface area contributed by atoms with Gasteiger partial charge >= 0.3 is 0 Å². The standard InChI is InChI=1S/C18H17N3O2/c1-22-15-9-11-8-14-17(13(11)10-16(15)23-2)20-21-18(14)19-12-6-4-3-5-7-12/h3-10,19-21H,1-2H3. The lowest BCUT2D eigenvalue weighted by molar-refractivity contribution is 0.356. The number of aromatic amines is 2. The Bertz CT molecular complexity index is 924. The molecule has 1 heterocycles. The number of fused-ring (bicyclic) bond motifs is 3. The fourth-order valence-corrected chi connectivity index (χ4v) is 2.89. The quantitative estimate of drug-likeness (QED) is 0.525. The molecule has 5 nitrogen and oxygen atoms in total. The number of aromatic nitrogens is 2. The largest absolute Gasteiger partial charge is 0.493 e. The number of methoxy groups -OCH3 is 2. The average Bonchev–Trinajstić information content (AvgIpc) is 3.14. The average molecular weight is 307 g/mol. The van der Waals surface area contributed by atoms with Gasteiger partial charge in [0.15, 0.2) is 11.5 Å². The zero-order valence-electron chi connectivity index (χ0n) is 12.9. The topological polar surface area (TPSA) is 62.1 Å². The Hall–Kier alpha value is -3.08. The van der Waals surface area contributed by atoms with E-state index in [9.17, 15) is 0 Å². The van der Waals surface area contributed by atoms with Crippen LogP contribution in [0.25, 0.3) is 22.0 Å². The molecule has 3 N–H and O–H groups in total. The molecule has 4 rings (SSSR count). The lowest BCUT2D eigenvalue weighted by Crippen LogP contribution is -1.90. The molecule has 2 aliphatic rings. The van der Waals surface area contributed by atoms with Gasteiger partial charge in [-0.2, -0.15) is 0 Å². The summed E-state index contributed by atoms with van der Waals surface area (Å²) in [6.45, 7) is 0. The summed E-state index contributed by atoms with van der Waals surface area (Å²) in [5.74, 6) is 2.38. The van der Waals surface area contributed by atoms with Gasteiger partial charge in [0, 0.05) is 16.6 Å². The molecule has 0 unspecified atom stereocenters. The van der Waals surface area contributed by atoms with Crippen LogP contribution in [0.3, 0.4) is 0 Å². The van der Waals surface area contributed by atoms with E-state index in [0.29, 0.717) is 0 Å². The second-order valence-electron chi connectivity index (χ2n) is 5.34. The first-order chi connectivity index (χ1) is 11.3. The Morgan fingerprint density at radius 3 is 2.35 bits per heavy atom. The highest BCUT2D eigenvalue weighted by Gasteiger charge is 2.19. The van der Waals surface area contributed by atoms with Crippen molar-refractivity contribution in [2.45, 2.75) is 0 Å². The minimum absolute atomic E-state index is 0.722. The van der Waals surface area contributed by atoms with Gasteiger partial charge in [-0.05, 0) is 35.7 Å². The molecule has 116 valence electrons. The fourth-order valence-electron chi connectivity index (χ4n) is 2.89. The Balaban J connectivity index is 1.81. The number of H-pyrrole nitrogens is 2. The van der Waals surface area contributed by atoms with Crippen LogP contribution in [-0.2, 0) is 0 Å². The van der Waals surface area contributed by atoms with Crippen molar-refractivity contribution in [1.29, 1.82) is 0 Å². The molecular formula is C18H17N3O2. The van der Waals surface area contributed by atoms with Crippen molar-refractivity contribution < 1.29 is 9.47 Å². The first kappa shape index (κ1) is 13.6. The predicted molar refractivity (Wildman–Crippen MR) is 92.1 cm³/mol. The molecule has 0 radical (unpaired) electrons. The summed E-state index contributed by atoms with van der Waals surface area (Å²) >= 11 is 0. The normalized spacial score (nSPS) is 11.0. The summed E-state index contributed by atoms with van der Waals surface area (Å²) in [5.41, 5.74) is 3.17. The number of hydrogen-bond donors (Lipinski definition) is 3. The van der Waals surface area contributed by atoms with Crippen LogP contribution in [-0.4, -0.2) is 24.4 Å². The lowest BCUT2D eigenvalue weighted by Gasteiger charge is -2.07. The summed E-state index contributed by atoms with van der Waals surface area (Å²) < 4.78 is 10.8. The minimum atomic E-state index is 0.722. The first-order valence-corrected chi connectivity index (χ1v) is 7.37. The van der Waals surface area contributed by atoms with Gasteiger partial charge in [0.25, 0.3) is 0 Å². The third-order valence-electron chi connectivity index (χ3n) is 4.02. The molecule has 1 aliphatic carbocycles. The van der Waals surface area contributed by atoms with E-state index in [1.165, 1.54) is 0 Å². The van der Waals surface area contributed by atoms with Crippen molar-refractivity contribution in [1.82, 2.24) is 10.2 Å². The highest BCUT2D eigenvalue weighted by atomic mass is 16.5. The maximum Gasteiger partial charge on any atom is 0.161 e. The number of ether oxygens (including phenoxy) is 2.